The van der Waals surface area contributed by atoms with Crippen molar-refractivity contribution in [3.05, 3.63) is 17.2 Å². The lowest BCUT2D eigenvalue weighted by Gasteiger charge is -2.59. The first-order valence-corrected chi connectivity index (χ1v) is 7.99. The summed E-state index contributed by atoms with van der Waals surface area (Å²) in [7, 11) is 0. The Bertz CT molecular complexity index is 726. The number of hydrogen-bond acceptors (Lipinski definition) is 5. The smallest absolute Gasteiger partial charge is 0.200 e. The molecule has 5 heteroatoms. The molecule has 2 saturated carbocycles. The number of phenols is 2. The van der Waals surface area contributed by atoms with Crippen molar-refractivity contribution in [1.29, 1.82) is 0 Å². The minimum Gasteiger partial charge on any atom is -0.504 e. The third-order valence-corrected chi connectivity index (χ3v) is 6.53. The molecular formula is C17H18O5. The average Bonchev–Trinajstić information content (AvgIpc) is 2.82. The van der Waals surface area contributed by atoms with Gasteiger partial charge in [0, 0.05) is 12.0 Å². The molecule has 4 aliphatic rings. The molecule has 0 unspecified atom stereocenters. The van der Waals surface area contributed by atoms with Crippen LogP contribution in [0.15, 0.2) is 6.07 Å². The molecule has 1 aromatic carbocycles. The van der Waals surface area contributed by atoms with Crippen molar-refractivity contribution >= 4 is 5.78 Å². The molecule has 0 radical (unpaired) electrons. The van der Waals surface area contributed by atoms with Gasteiger partial charge in [-0.2, -0.15) is 0 Å². The molecule has 4 atom stereocenters. The van der Waals surface area contributed by atoms with Crippen LogP contribution in [0, 0.1) is 5.92 Å². The molecule has 1 spiro atoms. The molecular weight excluding hydrogens is 284 g/mol. The Labute approximate surface area is 127 Å². The maximum Gasteiger partial charge on any atom is 0.200 e. The number of aromatic hydroxyl groups is 2. The number of carbonyl (C=O) groups excluding carboxylic acids is 1. The fourth-order valence-electron chi connectivity index (χ4n) is 5.70. The molecule has 116 valence electrons. The highest BCUT2D eigenvalue weighted by molar-refractivity contribution is 5.90. The van der Waals surface area contributed by atoms with Gasteiger partial charge in [-0.15, -0.1) is 0 Å². The Morgan fingerprint density at radius 3 is 2.91 bits per heavy atom. The summed E-state index contributed by atoms with van der Waals surface area (Å²) in [5, 5.41) is 31.7. The van der Waals surface area contributed by atoms with E-state index in [2.05, 4.69) is 0 Å². The van der Waals surface area contributed by atoms with E-state index in [1.54, 1.807) is 6.07 Å². The van der Waals surface area contributed by atoms with E-state index in [-0.39, 0.29) is 28.9 Å². The Morgan fingerprint density at radius 1 is 1.27 bits per heavy atom. The van der Waals surface area contributed by atoms with Crippen LogP contribution < -0.4 is 4.74 Å². The monoisotopic (exact) mass is 302 g/mol. The van der Waals surface area contributed by atoms with E-state index in [0.29, 0.717) is 25.7 Å². The normalized spacial score (nSPS) is 41.0. The highest BCUT2D eigenvalue weighted by atomic mass is 16.5. The minimum atomic E-state index is -0.939. The van der Waals surface area contributed by atoms with Gasteiger partial charge in [0.1, 0.15) is 0 Å². The van der Waals surface area contributed by atoms with Crippen LogP contribution in [0.5, 0.6) is 17.2 Å². The predicted molar refractivity (Wildman–Crippen MR) is 76.1 cm³/mol. The summed E-state index contributed by atoms with van der Waals surface area (Å²) < 4.78 is 5.85. The number of Topliss-reactive ketones (excluding diaryl/α,β-unsaturated/α-hetero) is 1. The average molecular weight is 302 g/mol. The summed E-state index contributed by atoms with van der Waals surface area (Å²) in [5.74, 6) is -0.216. The second kappa shape index (κ2) is 3.59. The number of carbonyl (C=O) groups is 1. The molecule has 0 aromatic heterocycles. The highest BCUT2D eigenvalue weighted by Crippen LogP contribution is 2.67. The molecule has 5 nitrogen and oxygen atoms in total. The molecule has 3 aliphatic carbocycles. The summed E-state index contributed by atoms with van der Waals surface area (Å²) >= 11 is 0. The van der Waals surface area contributed by atoms with Crippen LogP contribution in [-0.4, -0.2) is 32.8 Å². The molecule has 0 amide bonds. The van der Waals surface area contributed by atoms with Gasteiger partial charge in [-0.25, -0.2) is 0 Å². The molecule has 3 N–H and O–H groups in total. The zero-order valence-corrected chi connectivity index (χ0v) is 12.1. The van der Waals surface area contributed by atoms with Crippen molar-refractivity contribution in [2.24, 2.45) is 5.92 Å². The molecule has 2 bridgehead atoms. The third-order valence-electron chi connectivity index (χ3n) is 6.53. The SMILES string of the molecule is O=C1CC[C@@]2(O)[C@@H]3CCC[C@@]24c2c(cc(O)c(O)c2O[C@@H]14)C3. The van der Waals surface area contributed by atoms with E-state index in [1.165, 1.54) is 0 Å². The Hall–Kier alpha value is -1.75. The first-order valence-electron chi connectivity index (χ1n) is 7.99. The van der Waals surface area contributed by atoms with Crippen LogP contribution in [0.2, 0.25) is 0 Å². The second-order valence-electron chi connectivity index (χ2n) is 7.26. The van der Waals surface area contributed by atoms with Crippen molar-refractivity contribution < 1.29 is 24.9 Å². The van der Waals surface area contributed by atoms with E-state index in [4.69, 9.17) is 4.74 Å². The molecule has 0 saturated heterocycles. The topological polar surface area (TPSA) is 87.0 Å². The summed E-state index contributed by atoms with van der Waals surface area (Å²) in [5.41, 5.74) is 0.0151. The predicted octanol–water partition coefficient (Wildman–Crippen LogP) is 1.55. The first-order chi connectivity index (χ1) is 10.5. The second-order valence-corrected chi connectivity index (χ2v) is 7.26. The molecule has 5 rings (SSSR count). The number of rotatable bonds is 0. The standard InChI is InChI=1S/C17H18O5/c18-10-3-5-17(21)9-2-1-4-16(17)12-8(6-9)7-11(19)13(20)14(12)22-15(10)16/h7,9,15,19-21H,1-6H2/t9-,15+,16+,17-/m1/s1. The van der Waals surface area contributed by atoms with Crippen LogP contribution in [-0.2, 0) is 16.6 Å². The van der Waals surface area contributed by atoms with Crippen LogP contribution in [0.1, 0.15) is 43.2 Å². The summed E-state index contributed by atoms with van der Waals surface area (Å²) in [6.07, 6.45) is 3.29. The van der Waals surface area contributed by atoms with Gasteiger partial charge in [0.25, 0.3) is 0 Å². The van der Waals surface area contributed by atoms with Gasteiger partial charge < -0.3 is 20.1 Å². The maximum absolute atomic E-state index is 12.5. The van der Waals surface area contributed by atoms with Crippen LogP contribution in [0.3, 0.4) is 0 Å². The van der Waals surface area contributed by atoms with Gasteiger partial charge in [-0.1, -0.05) is 6.42 Å². The van der Waals surface area contributed by atoms with Gasteiger partial charge in [0.2, 0.25) is 5.75 Å². The molecule has 1 aliphatic heterocycles. The zero-order valence-electron chi connectivity index (χ0n) is 12.1. The van der Waals surface area contributed by atoms with E-state index >= 15 is 0 Å². The highest BCUT2D eigenvalue weighted by Gasteiger charge is 2.71. The lowest BCUT2D eigenvalue weighted by Crippen LogP contribution is -2.69. The van der Waals surface area contributed by atoms with Crippen molar-refractivity contribution in [3.63, 3.8) is 0 Å². The van der Waals surface area contributed by atoms with E-state index < -0.39 is 17.1 Å². The number of benzene rings is 1. The Kier molecular flexibility index (Phi) is 2.08. The molecule has 2 fully saturated rings. The van der Waals surface area contributed by atoms with Gasteiger partial charge >= 0.3 is 0 Å². The lowest BCUT2D eigenvalue weighted by atomic mass is 9.46. The number of ketones is 1. The van der Waals surface area contributed by atoms with Crippen molar-refractivity contribution in [1.82, 2.24) is 0 Å². The van der Waals surface area contributed by atoms with E-state index in [1.807, 2.05) is 0 Å². The van der Waals surface area contributed by atoms with Gasteiger partial charge in [-0.05, 0) is 43.2 Å². The lowest BCUT2D eigenvalue weighted by molar-refractivity contribution is -0.177. The Morgan fingerprint density at radius 2 is 2.09 bits per heavy atom. The number of ether oxygens (including phenoxy) is 1. The zero-order chi connectivity index (χ0) is 15.3. The number of aliphatic hydroxyl groups is 1. The quantitative estimate of drug-likeness (QED) is 0.633. The van der Waals surface area contributed by atoms with Crippen LogP contribution >= 0.6 is 0 Å². The fourth-order valence-corrected chi connectivity index (χ4v) is 5.70. The number of phenolic OH excluding ortho intramolecular Hbond substituents is 2. The van der Waals surface area contributed by atoms with Crippen molar-refractivity contribution in [2.75, 3.05) is 0 Å². The third kappa shape index (κ3) is 1.10. The minimum absolute atomic E-state index is 0.00624. The summed E-state index contributed by atoms with van der Waals surface area (Å²) in [6.45, 7) is 0. The Balaban J connectivity index is 1.90. The van der Waals surface area contributed by atoms with Crippen LogP contribution in [0.4, 0.5) is 0 Å². The summed E-state index contributed by atoms with van der Waals surface area (Å²) in [6, 6.07) is 1.58. The number of hydrogen-bond donors (Lipinski definition) is 3. The molecule has 1 aromatic rings. The summed E-state index contributed by atoms with van der Waals surface area (Å²) in [4.78, 5) is 12.5. The van der Waals surface area contributed by atoms with Crippen molar-refractivity contribution in [3.8, 4) is 17.2 Å². The fraction of sp³-hybridized carbons (Fsp3) is 0.588. The molecule has 22 heavy (non-hydrogen) atoms. The molecule has 1 heterocycles. The first kappa shape index (κ1) is 12.8. The maximum atomic E-state index is 12.5. The van der Waals surface area contributed by atoms with E-state index in [9.17, 15) is 20.1 Å². The van der Waals surface area contributed by atoms with E-state index in [0.717, 1.165) is 24.0 Å². The van der Waals surface area contributed by atoms with Gasteiger partial charge in [-0.3, -0.25) is 4.79 Å². The largest absolute Gasteiger partial charge is 0.504 e. The van der Waals surface area contributed by atoms with Gasteiger partial charge in [0.15, 0.2) is 23.4 Å². The van der Waals surface area contributed by atoms with Gasteiger partial charge in [0.05, 0.1) is 11.0 Å². The van der Waals surface area contributed by atoms with Crippen LogP contribution in [0.25, 0.3) is 0 Å². The van der Waals surface area contributed by atoms with Crippen molar-refractivity contribution in [2.45, 2.75) is 55.6 Å².